The second-order valence-electron chi connectivity index (χ2n) is 4.14. The SMILES string of the molecule is CCN(Cc1cccs1)C(=O)c1ccc(N)cc1Cl. The first-order valence-corrected chi connectivity index (χ1v) is 7.24. The van der Waals surface area contributed by atoms with Gasteiger partial charge in [-0.3, -0.25) is 4.79 Å². The van der Waals surface area contributed by atoms with E-state index >= 15 is 0 Å². The third-order valence-corrected chi connectivity index (χ3v) is 3.99. The van der Waals surface area contributed by atoms with Gasteiger partial charge in [0.1, 0.15) is 0 Å². The first-order chi connectivity index (χ1) is 9.11. The quantitative estimate of drug-likeness (QED) is 0.875. The Kier molecular flexibility index (Phi) is 4.45. The van der Waals surface area contributed by atoms with Crippen LogP contribution in [0.1, 0.15) is 22.2 Å². The van der Waals surface area contributed by atoms with Gasteiger partial charge in [0.2, 0.25) is 0 Å². The average Bonchev–Trinajstić information content (AvgIpc) is 2.88. The Bertz CT molecular complexity index is 569. The number of carbonyl (C=O) groups excluding carboxylic acids is 1. The number of rotatable bonds is 4. The molecule has 0 bridgehead atoms. The van der Waals surface area contributed by atoms with Crippen molar-refractivity contribution in [3.8, 4) is 0 Å². The molecule has 1 heterocycles. The van der Waals surface area contributed by atoms with Gasteiger partial charge >= 0.3 is 0 Å². The molecule has 19 heavy (non-hydrogen) atoms. The molecule has 2 N–H and O–H groups in total. The largest absolute Gasteiger partial charge is 0.399 e. The Morgan fingerprint density at radius 1 is 1.42 bits per heavy atom. The molecule has 0 saturated carbocycles. The molecule has 0 spiro atoms. The minimum atomic E-state index is -0.0686. The number of benzene rings is 1. The van der Waals surface area contributed by atoms with E-state index in [9.17, 15) is 4.79 Å². The van der Waals surface area contributed by atoms with E-state index in [4.69, 9.17) is 17.3 Å². The Morgan fingerprint density at radius 3 is 2.79 bits per heavy atom. The van der Waals surface area contributed by atoms with E-state index in [-0.39, 0.29) is 5.91 Å². The van der Waals surface area contributed by atoms with Crippen molar-refractivity contribution >= 4 is 34.5 Å². The summed E-state index contributed by atoms with van der Waals surface area (Å²) in [7, 11) is 0. The van der Waals surface area contributed by atoms with Crippen LogP contribution in [0.2, 0.25) is 5.02 Å². The van der Waals surface area contributed by atoms with E-state index in [2.05, 4.69) is 0 Å². The normalized spacial score (nSPS) is 10.4. The molecule has 1 amide bonds. The molecule has 0 fully saturated rings. The number of anilines is 1. The van der Waals surface area contributed by atoms with Gasteiger partial charge in [0.05, 0.1) is 17.1 Å². The fraction of sp³-hybridized carbons (Fsp3) is 0.214. The van der Waals surface area contributed by atoms with E-state index in [1.807, 2.05) is 24.4 Å². The van der Waals surface area contributed by atoms with Crippen LogP contribution in [0.15, 0.2) is 35.7 Å². The molecule has 1 aromatic heterocycles. The van der Waals surface area contributed by atoms with E-state index in [1.54, 1.807) is 34.4 Å². The van der Waals surface area contributed by atoms with Crippen LogP contribution >= 0.6 is 22.9 Å². The molecule has 100 valence electrons. The lowest BCUT2D eigenvalue weighted by Crippen LogP contribution is -2.30. The number of amides is 1. The summed E-state index contributed by atoms with van der Waals surface area (Å²) >= 11 is 7.72. The predicted octanol–water partition coefficient (Wildman–Crippen LogP) is 3.65. The molecule has 0 aliphatic heterocycles. The lowest BCUT2D eigenvalue weighted by Gasteiger charge is -2.20. The van der Waals surface area contributed by atoms with Crippen LogP contribution in [-0.2, 0) is 6.54 Å². The Morgan fingerprint density at radius 2 is 2.21 bits per heavy atom. The van der Waals surface area contributed by atoms with E-state index in [1.165, 1.54) is 0 Å². The number of hydrogen-bond acceptors (Lipinski definition) is 3. The highest BCUT2D eigenvalue weighted by atomic mass is 35.5. The van der Waals surface area contributed by atoms with Crippen LogP contribution in [0.5, 0.6) is 0 Å². The number of nitrogens with two attached hydrogens (primary N) is 1. The molecular weight excluding hydrogens is 280 g/mol. The predicted molar refractivity (Wildman–Crippen MR) is 80.6 cm³/mol. The number of nitrogen functional groups attached to an aromatic ring is 1. The van der Waals surface area contributed by atoms with Gasteiger partial charge in [-0.2, -0.15) is 0 Å². The van der Waals surface area contributed by atoms with Gasteiger partial charge in [0.25, 0.3) is 5.91 Å². The Labute approximate surface area is 121 Å². The first-order valence-electron chi connectivity index (χ1n) is 5.98. The van der Waals surface area contributed by atoms with Gasteiger partial charge in [-0.25, -0.2) is 0 Å². The first kappa shape index (κ1) is 13.9. The zero-order valence-electron chi connectivity index (χ0n) is 10.6. The average molecular weight is 295 g/mol. The lowest BCUT2D eigenvalue weighted by atomic mass is 10.1. The van der Waals surface area contributed by atoms with Gasteiger partial charge in [-0.1, -0.05) is 17.7 Å². The minimum absolute atomic E-state index is 0.0686. The highest BCUT2D eigenvalue weighted by Gasteiger charge is 2.17. The number of nitrogens with zero attached hydrogens (tertiary/aromatic N) is 1. The van der Waals surface area contributed by atoms with Gasteiger partial charge < -0.3 is 10.6 Å². The van der Waals surface area contributed by atoms with Crippen LogP contribution in [0.3, 0.4) is 0 Å². The summed E-state index contributed by atoms with van der Waals surface area (Å²) in [6.45, 7) is 3.20. The highest BCUT2D eigenvalue weighted by Crippen LogP contribution is 2.22. The van der Waals surface area contributed by atoms with Crippen LogP contribution in [-0.4, -0.2) is 17.4 Å². The molecule has 2 rings (SSSR count). The van der Waals surface area contributed by atoms with Crippen LogP contribution < -0.4 is 5.73 Å². The molecule has 2 aromatic rings. The summed E-state index contributed by atoms with van der Waals surface area (Å²) in [6, 6.07) is 8.97. The van der Waals surface area contributed by atoms with Crippen molar-refractivity contribution in [2.75, 3.05) is 12.3 Å². The number of halogens is 1. The number of hydrogen-bond donors (Lipinski definition) is 1. The summed E-state index contributed by atoms with van der Waals surface area (Å²) in [4.78, 5) is 15.4. The highest BCUT2D eigenvalue weighted by molar-refractivity contribution is 7.09. The fourth-order valence-electron chi connectivity index (χ4n) is 1.79. The molecule has 0 unspecified atom stereocenters. The van der Waals surface area contributed by atoms with Gasteiger partial charge in [-0.15, -0.1) is 11.3 Å². The van der Waals surface area contributed by atoms with Crippen molar-refractivity contribution in [1.29, 1.82) is 0 Å². The molecular formula is C14H15ClN2OS. The van der Waals surface area contributed by atoms with E-state index < -0.39 is 0 Å². The second-order valence-corrected chi connectivity index (χ2v) is 5.58. The van der Waals surface area contributed by atoms with E-state index in [0.717, 1.165) is 4.88 Å². The van der Waals surface area contributed by atoms with Crippen molar-refractivity contribution in [2.45, 2.75) is 13.5 Å². The van der Waals surface area contributed by atoms with Gasteiger partial charge in [0, 0.05) is 17.1 Å². The summed E-state index contributed by atoms with van der Waals surface area (Å²) < 4.78 is 0. The smallest absolute Gasteiger partial charge is 0.255 e. The van der Waals surface area contributed by atoms with Crippen LogP contribution in [0, 0.1) is 0 Å². The van der Waals surface area contributed by atoms with Gasteiger partial charge in [0.15, 0.2) is 0 Å². The lowest BCUT2D eigenvalue weighted by molar-refractivity contribution is 0.0754. The number of thiophene rings is 1. The summed E-state index contributed by atoms with van der Waals surface area (Å²) in [5, 5.41) is 2.40. The molecule has 0 aliphatic rings. The maximum absolute atomic E-state index is 12.4. The minimum Gasteiger partial charge on any atom is -0.399 e. The van der Waals surface area contributed by atoms with Crippen molar-refractivity contribution in [1.82, 2.24) is 4.90 Å². The molecule has 3 nitrogen and oxygen atoms in total. The Balaban J connectivity index is 2.20. The molecule has 0 aliphatic carbocycles. The molecule has 5 heteroatoms. The standard InChI is InChI=1S/C14H15ClN2OS/c1-2-17(9-11-4-3-7-19-11)14(18)12-6-5-10(16)8-13(12)15/h3-8H,2,9,16H2,1H3. The molecule has 0 saturated heterocycles. The van der Waals surface area contributed by atoms with Crippen molar-refractivity contribution < 1.29 is 4.79 Å². The molecule has 1 aromatic carbocycles. The van der Waals surface area contributed by atoms with Crippen LogP contribution in [0.25, 0.3) is 0 Å². The molecule has 0 atom stereocenters. The zero-order valence-corrected chi connectivity index (χ0v) is 12.2. The second kappa shape index (κ2) is 6.08. The van der Waals surface area contributed by atoms with Crippen molar-refractivity contribution in [3.63, 3.8) is 0 Å². The number of carbonyl (C=O) groups is 1. The zero-order chi connectivity index (χ0) is 13.8. The van der Waals surface area contributed by atoms with Crippen molar-refractivity contribution in [2.24, 2.45) is 0 Å². The maximum atomic E-state index is 12.4. The monoisotopic (exact) mass is 294 g/mol. The third-order valence-electron chi connectivity index (χ3n) is 2.82. The van der Waals surface area contributed by atoms with E-state index in [0.29, 0.717) is 29.4 Å². The maximum Gasteiger partial charge on any atom is 0.255 e. The fourth-order valence-corrected chi connectivity index (χ4v) is 2.78. The van der Waals surface area contributed by atoms with Gasteiger partial charge in [-0.05, 0) is 36.6 Å². The summed E-state index contributed by atoms with van der Waals surface area (Å²) in [5.74, 6) is -0.0686. The molecule has 0 radical (unpaired) electrons. The summed E-state index contributed by atoms with van der Waals surface area (Å²) in [5.41, 5.74) is 6.69. The topological polar surface area (TPSA) is 46.3 Å². The summed E-state index contributed by atoms with van der Waals surface area (Å²) in [6.07, 6.45) is 0. The Hall–Kier alpha value is -1.52. The van der Waals surface area contributed by atoms with Crippen molar-refractivity contribution in [3.05, 3.63) is 51.2 Å². The third kappa shape index (κ3) is 3.28. The van der Waals surface area contributed by atoms with Crippen LogP contribution in [0.4, 0.5) is 5.69 Å².